The van der Waals surface area contributed by atoms with Crippen molar-refractivity contribution in [1.29, 1.82) is 4.78 Å². The molecule has 2 atom stereocenters. The lowest BCUT2D eigenvalue weighted by Gasteiger charge is -2.17. The third-order valence-corrected chi connectivity index (χ3v) is 6.67. The zero-order valence-corrected chi connectivity index (χ0v) is 18.7. The van der Waals surface area contributed by atoms with Crippen molar-refractivity contribution in [1.82, 2.24) is 9.97 Å². The van der Waals surface area contributed by atoms with Crippen molar-refractivity contribution in [2.45, 2.75) is 24.8 Å². The number of hydrogen-bond acceptors (Lipinski definition) is 8. The van der Waals surface area contributed by atoms with Crippen LogP contribution in [0.15, 0.2) is 59.6 Å². The third-order valence-electron chi connectivity index (χ3n) is 4.83. The Balaban J connectivity index is 1.90. The van der Waals surface area contributed by atoms with Crippen molar-refractivity contribution in [2.24, 2.45) is 0 Å². The second-order valence-corrected chi connectivity index (χ2v) is 9.52. The van der Waals surface area contributed by atoms with Gasteiger partial charge in [0.25, 0.3) is 0 Å². The first kappa shape index (κ1) is 22.5. The van der Waals surface area contributed by atoms with Gasteiger partial charge in [-0.1, -0.05) is 19.1 Å². The zero-order chi connectivity index (χ0) is 22.4. The highest BCUT2D eigenvalue weighted by molar-refractivity contribution is 7.92. The maximum absolute atomic E-state index is 12.2. The van der Waals surface area contributed by atoms with Gasteiger partial charge in [0.05, 0.1) is 16.3 Å². The van der Waals surface area contributed by atoms with Crippen molar-refractivity contribution < 1.29 is 9.32 Å². The lowest BCUT2D eigenvalue weighted by Crippen LogP contribution is -2.21. The fourth-order valence-corrected chi connectivity index (χ4v) is 3.82. The van der Waals surface area contributed by atoms with E-state index >= 15 is 0 Å². The monoisotopic (exact) mass is 440 g/mol. The summed E-state index contributed by atoms with van der Waals surface area (Å²) in [4.78, 5) is 9.55. The largest absolute Gasteiger partial charge is 0.394 e. The first-order valence-electron chi connectivity index (χ1n) is 10.0. The molecule has 3 aromatic rings. The molecule has 0 bridgehead atoms. The Morgan fingerprint density at radius 1 is 1.10 bits per heavy atom. The summed E-state index contributed by atoms with van der Waals surface area (Å²) < 4.78 is 20.1. The van der Waals surface area contributed by atoms with E-state index in [1.54, 1.807) is 37.4 Å². The molecule has 1 aromatic heterocycles. The predicted molar refractivity (Wildman–Crippen MR) is 127 cm³/mol. The lowest BCUT2D eigenvalue weighted by molar-refractivity contribution is 0.281. The SMILES string of the molecule is CCS(=N)(=O)c1ccc(Nc2ncc(-c3ccc(NC)cc3)c(N[C@H](C)CO)n2)cc1. The Morgan fingerprint density at radius 2 is 1.74 bits per heavy atom. The molecule has 164 valence electrons. The first-order valence-corrected chi connectivity index (χ1v) is 11.7. The molecule has 0 spiro atoms. The van der Waals surface area contributed by atoms with Gasteiger partial charge < -0.3 is 21.1 Å². The fraction of sp³-hybridized carbons (Fsp3) is 0.273. The third kappa shape index (κ3) is 5.50. The summed E-state index contributed by atoms with van der Waals surface area (Å²) in [6, 6.07) is 14.6. The number of benzene rings is 2. The second kappa shape index (κ2) is 9.76. The van der Waals surface area contributed by atoms with E-state index in [2.05, 4.69) is 25.9 Å². The molecular formula is C22H28N6O2S. The summed E-state index contributed by atoms with van der Waals surface area (Å²) in [6.45, 7) is 3.58. The molecule has 1 unspecified atom stereocenters. The minimum Gasteiger partial charge on any atom is -0.394 e. The van der Waals surface area contributed by atoms with Gasteiger partial charge in [-0.15, -0.1) is 0 Å². The Labute approximate surface area is 183 Å². The summed E-state index contributed by atoms with van der Waals surface area (Å²) in [5.74, 6) is 1.27. The van der Waals surface area contributed by atoms with Crippen LogP contribution in [-0.2, 0) is 9.73 Å². The molecule has 2 aromatic carbocycles. The van der Waals surface area contributed by atoms with Gasteiger partial charge in [0, 0.05) is 46.9 Å². The molecule has 0 aliphatic rings. The quantitative estimate of drug-likeness (QED) is 0.339. The molecule has 8 nitrogen and oxygen atoms in total. The molecule has 0 amide bonds. The number of rotatable bonds is 9. The standard InChI is InChI=1S/C22H28N6O2S/c1-4-31(23,30)19-11-9-18(10-12-19)27-22-25-13-20(21(28-22)26-15(2)14-29)16-5-7-17(24-3)8-6-16/h5-13,15,23-24,29H,4,14H2,1-3H3,(H2,25,26,27,28)/t15-,31?/m1/s1. The van der Waals surface area contributed by atoms with Crippen molar-refractivity contribution in [3.63, 3.8) is 0 Å². The molecule has 9 heteroatoms. The summed E-state index contributed by atoms with van der Waals surface area (Å²) in [7, 11) is -0.883. The van der Waals surface area contributed by atoms with Gasteiger partial charge in [-0.3, -0.25) is 0 Å². The Morgan fingerprint density at radius 3 is 2.32 bits per heavy atom. The van der Waals surface area contributed by atoms with Crippen LogP contribution in [0.5, 0.6) is 0 Å². The van der Waals surface area contributed by atoms with Crippen LogP contribution in [0.1, 0.15) is 13.8 Å². The van der Waals surface area contributed by atoms with Crippen LogP contribution in [0.3, 0.4) is 0 Å². The summed E-state index contributed by atoms with van der Waals surface area (Å²) >= 11 is 0. The van der Waals surface area contributed by atoms with E-state index in [0.717, 1.165) is 22.5 Å². The number of nitrogens with one attached hydrogen (secondary N) is 4. The minimum atomic E-state index is -2.75. The van der Waals surface area contributed by atoms with Gasteiger partial charge in [-0.05, 0) is 48.9 Å². The predicted octanol–water partition coefficient (Wildman–Crippen LogP) is 4.15. The van der Waals surface area contributed by atoms with E-state index in [0.29, 0.717) is 16.7 Å². The molecule has 0 saturated heterocycles. The van der Waals surface area contributed by atoms with E-state index in [1.165, 1.54) is 0 Å². The molecule has 0 saturated carbocycles. The van der Waals surface area contributed by atoms with Crippen LogP contribution in [-0.4, -0.2) is 44.7 Å². The highest BCUT2D eigenvalue weighted by Gasteiger charge is 2.13. The van der Waals surface area contributed by atoms with E-state index < -0.39 is 9.73 Å². The van der Waals surface area contributed by atoms with Crippen LogP contribution in [0.4, 0.5) is 23.1 Å². The van der Waals surface area contributed by atoms with Crippen LogP contribution >= 0.6 is 0 Å². The van der Waals surface area contributed by atoms with E-state index in [4.69, 9.17) is 4.78 Å². The summed E-state index contributed by atoms with van der Waals surface area (Å²) in [6.07, 6.45) is 1.73. The van der Waals surface area contributed by atoms with Crippen molar-refractivity contribution in [3.8, 4) is 11.1 Å². The molecule has 0 fully saturated rings. The lowest BCUT2D eigenvalue weighted by atomic mass is 10.1. The summed E-state index contributed by atoms with van der Waals surface area (Å²) in [5.41, 5.74) is 3.50. The van der Waals surface area contributed by atoms with E-state index in [1.807, 2.05) is 38.2 Å². The Hall–Kier alpha value is -3.17. The van der Waals surface area contributed by atoms with Crippen molar-refractivity contribution >= 4 is 32.9 Å². The number of nitrogens with zero attached hydrogens (tertiary/aromatic N) is 2. The molecule has 31 heavy (non-hydrogen) atoms. The highest BCUT2D eigenvalue weighted by Crippen LogP contribution is 2.29. The molecule has 0 aliphatic carbocycles. The average molecular weight is 441 g/mol. The smallest absolute Gasteiger partial charge is 0.229 e. The molecule has 1 heterocycles. The molecule has 3 rings (SSSR count). The van der Waals surface area contributed by atoms with Gasteiger partial charge in [-0.25, -0.2) is 14.0 Å². The number of aliphatic hydroxyl groups excluding tert-OH is 1. The maximum Gasteiger partial charge on any atom is 0.229 e. The van der Waals surface area contributed by atoms with Gasteiger partial charge >= 0.3 is 0 Å². The number of hydrogen-bond donors (Lipinski definition) is 5. The van der Waals surface area contributed by atoms with E-state index in [9.17, 15) is 9.32 Å². The first-order chi connectivity index (χ1) is 14.9. The fourth-order valence-electron chi connectivity index (χ4n) is 2.91. The van der Waals surface area contributed by atoms with Crippen molar-refractivity contribution in [3.05, 3.63) is 54.7 Å². The van der Waals surface area contributed by atoms with Gasteiger partial charge in [0.2, 0.25) is 5.95 Å². The normalized spacial score (nSPS) is 13.8. The average Bonchev–Trinajstić information content (AvgIpc) is 2.79. The van der Waals surface area contributed by atoms with Crippen LogP contribution in [0, 0.1) is 4.78 Å². The Bertz CT molecular complexity index is 1120. The van der Waals surface area contributed by atoms with Gasteiger partial charge in [0.15, 0.2) is 0 Å². The van der Waals surface area contributed by atoms with Gasteiger partial charge in [0.1, 0.15) is 5.82 Å². The maximum atomic E-state index is 12.2. The molecule has 0 radical (unpaired) electrons. The molecule has 5 N–H and O–H groups in total. The Kier molecular flexibility index (Phi) is 7.09. The number of anilines is 4. The second-order valence-electron chi connectivity index (χ2n) is 7.12. The topological polar surface area (TPSA) is 123 Å². The van der Waals surface area contributed by atoms with E-state index in [-0.39, 0.29) is 18.4 Å². The number of aliphatic hydroxyl groups is 1. The number of aromatic nitrogens is 2. The molecule has 0 aliphatic heterocycles. The zero-order valence-electron chi connectivity index (χ0n) is 17.8. The minimum absolute atomic E-state index is 0.0316. The van der Waals surface area contributed by atoms with Crippen LogP contribution in [0.25, 0.3) is 11.1 Å². The van der Waals surface area contributed by atoms with Crippen LogP contribution < -0.4 is 16.0 Å². The molecular weight excluding hydrogens is 412 g/mol. The van der Waals surface area contributed by atoms with Crippen LogP contribution in [0.2, 0.25) is 0 Å². The van der Waals surface area contributed by atoms with Crippen molar-refractivity contribution in [2.75, 3.05) is 35.4 Å². The highest BCUT2D eigenvalue weighted by atomic mass is 32.2. The van der Waals surface area contributed by atoms with Gasteiger partial charge in [-0.2, -0.15) is 4.98 Å². The summed E-state index contributed by atoms with van der Waals surface area (Å²) in [5, 5.41) is 18.9.